The van der Waals surface area contributed by atoms with E-state index in [1.165, 1.54) is 0 Å². The highest BCUT2D eigenvalue weighted by Gasteiger charge is 2.43. The van der Waals surface area contributed by atoms with E-state index in [9.17, 15) is 9.90 Å². The summed E-state index contributed by atoms with van der Waals surface area (Å²) in [4.78, 5) is 13.7. The largest absolute Gasteiger partial charge is 0.481 e. The van der Waals surface area contributed by atoms with Gasteiger partial charge in [-0.05, 0) is 25.5 Å². The number of fused-ring (bicyclic) bond motifs is 1. The highest BCUT2D eigenvalue weighted by atomic mass is 16.4. The van der Waals surface area contributed by atoms with E-state index in [1.54, 1.807) is 6.26 Å². The number of hydrogen-bond acceptors (Lipinski definition) is 3. The number of carboxylic acids is 1. The Morgan fingerprint density at radius 3 is 2.95 bits per heavy atom. The summed E-state index contributed by atoms with van der Waals surface area (Å²) in [5, 5.41) is 10.6. The summed E-state index contributed by atoms with van der Waals surface area (Å²) in [5.41, 5.74) is 1.46. The molecule has 0 aliphatic carbocycles. The fourth-order valence-corrected chi connectivity index (χ4v) is 3.10. The lowest BCUT2D eigenvalue weighted by molar-refractivity contribution is -0.148. The molecule has 0 bridgehead atoms. The molecule has 1 saturated heterocycles. The molecule has 4 nitrogen and oxygen atoms in total. The van der Waals surface area contributed by atoms with Crippen LogP contribution in [0.25, 0.3) is 11.0 Å². The molecule has 1 fully saturated rings. The van der Waals surface area contributed by atoms with Gasteiger partial charge in [0.1, 0.15) is 5.58 Å². The van der Waals surface area contributed by atoms with Gasteiger partial charge in [0.25, 0.3) is 0 Å². The Bertz CT molecular complexity index is 633. The second-order valence-electron chi connectivity index (χ2n) is 5.66. The SMILES string of the molecule is CCC1(C(=O)O)CCN(Cc2coc3ccccc23)C1. The van der Waals surface area contributed by atoms with Crippen molar-refractivity contribution in [3.8, 4) is 0 Å². The molecule has 20 heavy (non-hydrogen) atoms. The molecule has 1 unspecified atom stereocenters. The maximum atomic E-state index is 11.5. The minimum Gasteiger partial charge on any atom is -0.481 e. The lowest BCUT2D eigenvalue weighted by Gasteiger charge is -2.22. The van der Waals surface area contributed by atoms with Crippen LogP contribution in [0.2, 0.25) is 0 Å². The number of rotatable bonds is 4. The Morgan fingerprint density at radius 2 is 2.25 bits per heavy atom. The number of nitrogens with zero attached hydrogens (tertiary/aromatic N) is 1. The Kier molecular flexibility index (Phi) is 3.26. The second kappa shape index (κ2) is 4.94. The van der Waals surface area contributed by atoms with Crippen molar-refractivity contribution in [3.05, 3.63) is 36.1 Å². The van der Waals surface area contributed by atoms with E-state index in [0.29, 0.717) is 13.0 Å². The van der Waals surface area contributed by atoms with Crippen LogP contribution >= 0.6 is 0 Å². The molecule has 0 spiro atoms. The first-order valence-corrected chi connectivity index (χ1v) is 7.05. The molecular formula is C16H19NO3. The number of hydrogen-bond donors (Lipinski definition) is 1. The van der Waals surface area contributed by atoms with Crippen molar-refractivity contribution in [3.63, 3.8) is 0 Å². The number of furan rings is 1. The molecule has 2 heterocycles. The van der Waals surface area contributed by atoms with Gasteiger partial charge in [-0.2, -0.15) is 0 Å². The van der Waals surface area contributed by atoms with E-state index in [0.717, 1.165) is 36.0 Å². The summed E-state index contributed by atoms with van der Waals surface area (Å²) in [7, 11) is 0. The van der Waals surface area contributed by atoms with Crippen molar-refractivity contribution in [2.45, 2.75) is 26.3 Å². The molecule has 3 rings (SSSR count). The predicted octanol–water partition coefficient (Wildman–Crippen LogP) is 3.12. The van der Waals surface area contributed by atoms with E-state index < -0.39 is 11.4 Å². The molecule has 0 amide bonds. The normalized spacial score (nSPS) is 23.4. The van der Waals surface area contributed by atoms with Crippen LogP contribution in [0.5, 0.6) is 0 Å². The number of likely N-dealkylation sites (tertiary alicyclic amines) is 1. The number of benzene rings is 1. The first-order valence-electron chi connectivity index (χ1n) is 7.05. The summed E-state index contributed by atoms with van der Waals surface area (Å²) >= 11 is 0. The molecule has 0 saturated carbocycles. The summed E-state index contributed by atoms with van der Waals surface area (Å²) in [5.74, 6) is -0.667. The molecule has 1 aliphatic heterocycles. The zero-order valence-electron chi connectivity index (χ0n) is 11.6. The van der Waals surface area contributed by atoms with Gasteiger partial charge >= 0.3 is 5.97 Å². The Morgan fingerprint density at radius 1 is 1.45 bits per heavy atom. The topological polar surface area (TPSA) is 53.7 Å². The first kappa shape index (κ1) is 13.2. The molecule has 1 aromatic carbocycles. The van der Waals surface area contributed by atoms with Gasteiger partial charge in [-0.25, -0.2) is 0 Å². The van der Waals surface area contributed by atoms with E-state index in [2.05, 4.69) is 11.0 Å². The monoisotopic (exact) mass is 273 g/mol. The summed E-state index contributed by atoms with van der Waals surface area (Å²) in [6, 6.07) is 7.96. The van der Waals surface area contributed by atoms with Crippen molar-refractivity contribution >= 4 is 16.9 Å². The van der Waals surface area contributed by atoms with Gasteiger partial charge in [-0.15, -0.1) is 0 Å². The first-order chi connectivity index (χ1) is 9.64. The molecule has 0 radical (unpaired) electrons. The van der Waals surface area contributed by atoms with Crippen LogP contribution in [0.1, 0.15) is 25.3 Å². The highest BCUT2D eigenvalue weighted by Crippen LogP contribution is 2.35. The van der Waals surface area contributed by atoms with Crippen LogP contribution in [0, 0.1) is 5.41 Å². The van der Waals surface area contributed by atoms with Gasteiger partial charge in [-0.3, -0.25) is 9.69 Å². The zero-order valence-corrected chi connectivity index (χ0v) is 11.6. The van der Waals surface area contributed by atoms with Crippen LogP contribution in [-0.4, -0.2) is 29.1 Å². The van der Waals surface area contributed by atoms with E-state index in [4.69, 9.17) is 4.42 Å². The Balaban J connectivity index is 1.78. The van der Waals surface area contributed by atoms with Crippen molar-refractivity contribution < 1.29 is 14.3 Å². The number of carboxylic acid groups (broad SMARTS) is 1. The van der Waals surface area contributed by atoms with Crippen LogP contribution in [0.15, 0.2) is 34.9 Å². The number of carbonyl (C=O) groups is 1. The summed E-state index contributed by atoms with van der Waals surface area (Å²) < 4.78 is 5.54. The van der Waals surface area contributed by atoms with E-state index >= 15 is 0 Å². The van der Waals surface area contributed by atoms with Crippen molar-refractivity contribution in [2.75, 3.05) is 13.1 Å². The predicted molar refractivity (Wildman–Crippen MR) is 76.5 cm³/mol. The molecule has 1 N–H and O–H groups in total. The third-order valence-electron chi connectivity index (χ3n) is 4.52. The van der Waals surface area contributed by atoms with Crippen LogP contribution in [0.3, 0.4) is 0 Å². The standard InChI is InChI=1S/C16H19NO3/c1-2-16(15(18)19)7-8-17(11-16)9-12-10-20-14-6-4-3-5-13(12)14/h3-6,10H,2,7-9,11H2,1H3,(H,18,19). The quantitative estimate of drug-likeness (QED) is 0.930. The molecular weight excluding hydrogens is 254 g/mol. The van der Waals surface area contributed by atoms with Crippen molar-refractivity contribution in [2.24, 2.45) is 5.41 Å². The van der Waals surface area contributed by atoms with Crippen LogP contribution < -0.4 is 0 Å². The van der Waals surface area contributed by atoms with Crippen molar-refractivity contribution in [1.29, 1.82) is 0 Å². The molecule has 106 valence electrons. The van der Waals surface area contributed by atoms with Crippen molar-refractivity contribution in [1.82, 2.24) is 4.90 Å². The average Bonchev–Trinajstić information content (AvgIpc) is 3.05. The average molecular weight is 273 g/mol. The fourth-order valence-electron chi connectivity index (χ4n) is 3.10. The molecule has 2 aromatic rings. The molecule has 1 atom stereocenters. The third kappa shape index (κ3) is 2.10. The van der Waals surface area contributed by atoms with E-state index in [-0.39, 0.29) is 0 Å². The van der Waals surface area contributed by atoms with Gasteiger partial charge in [0.15, 0.2) is 0 Å². The highest BCUT2D eigenvalue weighted by molar-refractivity contribution is 5.80. The second-order valence-corrected chi connectivity index (χ2v) is 5.66. The smallest absolute Gasteiger partial charge is 0.310 e. The minimum absolute atomic E-state index is 0.570. The van der Waals surface area contributed by atoms with Gasteiger partial charge in [0.2, 0.25) is 0 Å². The summed E-state index contributed by atoms with van der Waals surface area (Å²) in [6.07, 6.45) is 3.21. The van der Waals surface area contributed by atoms with E-state index in [1.807, 2.05) is 25.1 Å². The van der Waals surface area contributed by atoms with Gasteiger partial charge < -0.3 is 9.52 Å². The van der Waals surface area contributed by atoms with Gasteiger partial charge in [0, 0.05) is 24.0 Å². The maximum Gasteiger partial charge on any atom is 0.310 e. The third-order valence-corrected chi connectivity index (χ3v) is 4.52. The Labute approximate surface area is 118 Å². The van der Waals surface area contributed by atoms with Crippen LogP contribution in [0.4, 0.5) is 0 Å². The Hall–Kier alpha value is -1.81. The molecule has 4 heteroatoms. The minimum atomic E-state index is -0.667. The lowest BCUT2D eigenvalue weighted by atomic mass is 9.84. The summed E-state index contributed by atoms with van der Waals surface area (Å²) in [6.45, 7) is 4.18. The number of para-hydroxylation sites is 1. The van der Waals surface area contributed by atoms with Crippen LogP contribution in [-0.2, 0) is 11.3 Å². The molecule has 1 aromatic heterocycles. The van der Waals surface area contributed by atoms with Gasteiger partial charge in [-0.1, -0.05) is 25.1 Å². The molecule has 1 aliphatic rings. The lowest BCUT2D eigenvalue weighted by Crippen LogP contribution is -2.33. The van der Waals surface area contributed by atoms with Gasteiger partial charge in [0.05, 0.1) is 11.7 Å². The maximum absolute atomic E-state index is 11.5. The fraction of sp³-hybridized carbons (Fsp3) is 0.438. The zero-order chi connectivity index (χ0) is 14.2. The number of aliphatic carboxylic acids is 1.